The molecule has 2 aromatic carbocycles. The minimum absolute atomic E-state index is 0.0145. The van der Waals surface area contributed by atoms with Gasteiger partial charge < -0.3 is 10.3 Å². The second-order valence-corrected chi connectivity index (χ2v) is 5.80. The van der Waals surface area contributed by atoms with E-state index in [1.807, 2.05) is 60.8 Å². The Morgan fingerprint density at radius 2 is 1.75 bits per heavy atom. The first-order chi connectivity index (χ1) is 11.8. The smallest absolute Gasteiger partial charge is 0.224 e. The zero-order chi connectivity index (χ0) is 16.4. The topological polar surface area (TPSA) is 57.8 Å². The van der Waals surface area contributed by atoms with E-state index in [-0.39, 0.29) is 5.91 Å². The molecule has 0 aliphatic carbocycles. The number of nitrogens with zero attached hydrogens (tertiary/aromatic N) is 1. The molecular formula is C20H17N3O. The van der Waals surface area contributed by atoms with Crippen LogP contribution in [-0.4, -0.2) is 15.9 Å². The zero-order valence-corrected chi connectivity index (χ0v) is 13.1. The highest BCUT2D eigenvalue weighted by Gasteiger charge is 2.09. The molecule has 0 fully saturated rings. The van der Waals surface area contributed by atoms with Gasteiger partial charge in [0.2, 0.25) is 5.91 Å². The van der Waals surface area contributed by atoms with Gasteiger partial charge in [-0.25, -0.2) is 0 Å². The predicted molar refractivity (Wildman–Crippen MR) is 95.6 cm³/mol. The molecule has 0 unspecified atom stereocenters. The molecule has 1 amide bonds. The summed E-state index contributed by atoms with van der Waals surface area (Å²) in [6.45, 7) is 0.504. The van der Waals surface area contributed by atoms with Crippen LogP contribution < -0.4 is 5.32 Å². The van der Waals surface area contributed by atoms with Gasteiger partial charge in [-0.1, -0.05) is 36.4 Å². The van der Waals surface area contributed by atoms with Crippen LogP contribution in [0.25, 0.3) is 21.8 Å². The van der Waals surface area contributed by atoms with Crippen LogP contribution in [0.15, 0.2) is 67.0 Å². The molecule has 0 bridgehead atoms. The van der Waals surface area contributed by atoms with Crippen LogP contribution in [0.2, 0.25) is 0 Å². The summed E-state index contributed by atoms with van der Waals surface area (Å²) in [5, 5.41) is 5.19. The summed E-state index contributed by atoms with van der Waals surface area (Å²) in [7, 11) is 0. The van der Waals surface area contributed by atoms with Crippen molar-refractivity contribution in [2.45, 2.75) is 13.0 Å². The molecule has 24 heavy (non-hydrogen) atoms. The molecule has 0 saturated heterocycles. The molecule has 2 N–H and O–H groups in total. The summed E-state index contributed by atoms with van der Waals surface area (Å²) in [4.78, 5) is 19.9. The number of aromatic amines is 1. The Morgan fingerprint density at radius 1 is 0.958 bits per heavy atom. The van der Waals surface area contributed by atoms with Gasteiger partial charge in [0.25, 0.3) is 0 Å². The fourth-order valence-corrected chi connectivity index (χ4v) is 3.02. The van der Waals surface area contributed by atoms with Crippen molar-refractivity contribution in [2.24, 2.45) is 0 Å². The number of pyridine rings is 1. The Hall–Kier alpha value is -3.14. The minimum atomic E-state index is 0.0145. The van der Waals surface area contributed by atoms with Crippen LogP contribution in [0.4, 0.5) is 0 Å². The van der Waals surface area contributed by atoms with E-state index < -0.39 is 0 Å². The maximum atomic E-state index is 12.3. The third-order valence-electron chi connectivity index (χ3n) is 4.24. The lowest BCUT2D eigenvalue weighted by Crippen LogP contribution is -2.24. The zero-order valence-electron chi connectivity index (χ0n) is 13.1. The number of benzene rings is 2. The van der Waals surface area contributed by atoms with Crippen LogP contribution in [0, 0.1) is 0 Å². The summed E-state index contributed by atoms with van der Waals surface area (Å²) in [5.74, 6) is 0.0145. The van der Waals surface area contributed by atoms with Gasteiger partial charge in [-0.2, -0.15) is 0 Å². The third kappa shape index (κ3) is 2.74. The quantitative estimate of drug-likeness (QED) is 0.605. The van der Waals surface area contributed by atoms with E-state index in [4.69, 9.17) is 0 Å². The number of H-pyrrole nitrogens is 1. The van der Waals surface area contributed by atoms with Gasteiger partial charge in [0.1, 0.15) is 0 Å². The van der Waals surface area contributed by atoms with Gasteiger partial charge >= 0.3 is 0 Å². The van der Waals surface area contributed by atoms with Crippen molar-refractivity contribution in [2.75, 3.05) is 0 Å². The van der Waals surface area contributed by atoms with Gasteiger partial charge in [-0.15, -0.1) is 0 Å². The van der Waals surface area contributed by atoms with Gasteiger partial charge in [0.05, 0.1) is 11.9 Å². The number of carbonyl (C=O) groups is 1. The highest BCUT2D eigenvalue weighted by Crippen LogP contribution is 2.18. The average Bonchev–Trinajstić information content (AvgIpc) is 3.03. The molecule has 0 atom stereocenters. The molecule has 0 radical (unpaired) electrons. The molecule has 4 aromatic rings. The molecular weight excluding hydrogens is 298 g/mol. The number of hydrogen-bond donors (Lipinski definition) is 2. The maximum Gasteiger partial charge on any atom is 0.224 e. The molecule has 0 aliphatic heterocycles. The lowest BCUT2D eigenvalue weighted by molar-refractivity contribution is -0.120. The predicted octanol–water partition coefficient (Wildman–Crippen LogP) is 3.58. The van der Waals surface area contributed by atoms with Crippen LogP contribution in [0.3, 0.4) is 0 Å². The maximum absolute atomic E-state index is 12.3. The number of rotatable bonds is 4. The van der Waals surface area contributed by atoms with Crippen molar-refractivity contribution in [3.05, 3.63) is 78.1 Å². The van der Waals surface area contributed by atoms with E-state index in [1.165, 1.54) is 0 Å². The Bertz CT molecular complexity index is 1010. The summed E-state index contributed by atoms with van der Waals surface area (Å²) >= 11 is 0. The number of aromatic nitrogens is 2. The fourth-order valence-electron chi connectivity index (χ4n) is 3.02. The van der Waals surface area contributed by atoms with Crippen LogP contribution in [0.5, 0.6) is 0 Å². The SMILES string of the molecule is O=C(Cc1c[nH]c2ccccc12)NCc1ccnc2ccccc12. The minimum Gasteiger partial charge on any atom is -0.361 e. The summed E-state index contributed by atoms with van der Waals surface area (Å²) < 4.78 is 0. The van der Waals surface area contributed by atoms with Crippen LogP contribution >= 0.6 is 0 Å². The van der Waals surface area contributed by atoms with Crippen molar-refractivity contribution in [3.8, 4) is 0 Å². The Morgan fingerprint density at radius 3 is 2.67 bits per heavy atom. The van der Waals surface area contributed by atoms with Crippen molar-refractivity contribution in [1.29, 1.82) is 0 Å². The average molecular weight is 315 g/mol. The molecule has 4 heteroatoms. The first kappa shape index (κ1) is 14.5. The monoisotopic (exact) mass is 315 g/mol. The number of amides is 1. The van der Waals surface area contributed by atoms with E-state index in [0.717, 1.165) is 32.9 Å². The van der Waals surface area contributed by atoms with Crippen molar-refractivity contribution in [3.63, 3.8) is 0 Å². The second kappa shape index (κ2) is 6.16. The van der Waals surface area contributed by atoms with E-state index >= 15 is 0 Å². The highest BCUT2D eigenvalue weighted by molar-refractivity contribution is 5.89. The number of fused-ring (bicyclic) bond motifs is 2. The standard InChI is InChI=1S/C20H17N3O/c24-20(11-15-13-22-19-8-4-2-6-17(15)19)23-12-14-9-10-21-18-7-3-1-5-16(14)18/h1-10,13,22H,11-12H2,(H,23,24). The summed E-state index contributed by atoms with van der Waals surface area (Å²) in [6.07, 6.45) is 4.06. The largest absolute Gasteiger partial charge is 0.361 e. The summed E-state index contributed by atoms with van der Waals surface area (Å²) in [6, 6.07) is 17.9. The Balaban J connectivity index is 1.48. The number of hydrogen-bond acceptors (Lipinski definition) is 2. The van der Waals surface area contributed by atoms with Crippen molar-refractivity contribution < 1.29 is 4.79 Å². The normalized spacial score (nSPS) is 11.0. The second-order valence-electron chi connectivity index (χ2n) is 5.80. The number of nitrogens with one attached hydrogen (secondary N) is 2. The summed E-state index contributed by atoms with van der Waals surface area (Å²) in [5.41, 5.74) is 4.09. The Labute approximate surface area is 139 Å². The third-order valence-corrected chi connectivity index (χ3v) is 4.24. The van der Waals surface area contributed by atoms with Crippen LogP contribution in [-0.2, 0) is 17.8 Å². The van der Waals surface area contributed by atoms with E-state index in [0.29, 0.717) is 13.0 Å². The molecule has 0 spiro atoms. The molecule has 2 aromatic heterocycles. The number of para-hydroxylation sites is 2. The molecule has 4 rings (SSSR count). The molecule has 0 aliphatic rings. The molecule has 4 nitrogen and oxygen atoms in total. The van der Waals surface area contributed by atoms with Crippen LogP contribution in [0.1, 0.15) is 11.1 Å². The highest BCUT2D eigenvalue weighted by atomic mass is 16.1. The fraction of sp³-hybridized carbons (Fsp3) is 0.100. The number of carbonyl (C=O) groups excluding carboxylic acids is 1. The lowest BCUT2D eigenvalue weighted by atomic mass is 10.1. The van der Waals surface area contributed by atoms with Crippen molar-refractivity contribution >= 4 is 27.7 Å². The molecule has 2 heterocycles. The first-order valence-electron chi connectivity index (χ1n) is 7.95. The van der Waals surface area contributed by atoms with Gasteiger partial charge in [-0.05, 0) is 29.3 Å². The van der Waals surface area contributed by atoms with Gasteiger partial charge in [0.15, 0.2) is 0 Å². The van der Waals surface area contributed by atoms with E-state index in [2.05, 4.69) is 15.3 Å². The van der Waals surface area contributed by atoms with Crippen molar-refractivity contribution in [1.82, 2.24) is 15.3 Å². The Kier molecular flexibility index (Phi) is 3.71. The lowest BCUT2D eigenvalue weighted by Gasteiger charge is -2.08. The van der Waals surface area contributed by atoms with E-state index in [1.54, 1.807) is 6.20 Å². The van der Waals surface area contributed by atoms with E-state index in [9.17, 15) is 4.79 Å². The van der Waals surface area contributed by atoms with Gasteiger partial charge in [0, 0.05) is 35.2 Å². The molecule has 0 saturated carbocycles. The van der Waals surface area contributed by atoms with Gasteiger partial charge in [-0.3, -0.25) is 9.78 Å². The molecule has 118 valence electrons. The first-order valence-corrected chi connectivity index (χ1v) is 7.95.